The lowest BCUT2D eigenvalue weighted by molar-refractivity contribution is 0.483. The van der Waals surface area contributed by atoms with Gasteiger partial charge in [-0.15, -0.1) is 0 Å². The molecule has 0 unspecified atom stereocenters. The van der Waals surface area contributed by atoms with Gasteiger partial charge >= 0.3 is 0 Å². The zero-order valence-corrected chi connectivity index (χ0v) is 13.7. The van der Waals surface area contributed by atoms with Gasteiger partial charge in [-0.2, -0.15) is 8.42 Å². The van der Waals surface area contributed by atoms with Crippen molar-refractivity contribution in [1.29, 1.82) is 0 Å². The number of para-hydroxylation sites is 2. The molecule has 4 rings (SSSR count). The predicted octanol–water partition coefficient (Wildman–Crippen LogP) is 3.34. The molecule has 0 saturated carbocycles. The highest BCUT2D eigenvalue weighted by molar-refractivity contribution is 7.85. The molecule has 3 aromatic rings. The minimum atomic E-state index is -4.29. The summed E-state index contributed by atoms with van der Waals surface area (Å²) < 4.78 is 38.2. The Morgan fingerprint density at radius 1 is 1.08 bits per heavy atom. The zero-order chi connectivity index (χ0) is 16.7. The van der Waals surface area contributed by atoms with Gasteiger partial charge in [0.1, 0.15) is 5.52 Å². The van der Waals surface area contributed by atoms with E-state index in [1.807, 2.05) is 24.3 Å². The van der Waals surface area contributed by atoms with Gasteiger partial charge in [-0.05, 0) is 43.2 Å². The second-order valence-corrected chi connectivity index (χ2v) is 7.26. The summed E-state index contributed by atoms with van der Waals surface area (Å²) in [6.07, 6.45) is 2.18. The highest BCUT2D eigenvalue weighted by atomic mass is 32.2. The number of nitrogens with zero attached hydrogens (tertiary/aromatic N) is 2. The first-order chi connectivity index (χ1) is 11.5. The van der Waals surface area contributed by atoms with E-state index in [1.165, 1.54) is 12.1 Å². The Bertz CT molecular complexity index is 971. The highest BCUT2D eigenvalue weighted by Gasteiger charge is 2.22. The maximum Gasteiger partial charge on any atom is 0.294 e. The first-order valence-electron chi connectivity index (χ1n) is 7.75. The van der Waals surface area contributed by atoms with Crippen molar-refractivity contribution >= 4 is 26.9 Å². The Balaban J connectivity index is 1.92. The molecule has 0 bridgehead atoms. The van der Waals surface area contributed by atoms with Crippen LogP contribution >= 0.6 is 0 Å². The molecular weight excluding hydrogens is 328 g/mol. The molecule has 6 nitrogen and oxygen atoms in total. The van der Waals surface area contributed by atoms with Crippen molar-refractivity contribution in [2.24, 2.45) is 0 Å². The molecule has 0 atom stereocenters. The molecule has 0 amide bonds. The Morgan fingerprint density at radius 3 is 2.54 bits per heavy atom. The van der Waals surface area contributed by atoms with Crippen LogP contribution in [-0.2, 0) is 10.1 Å². The third kappa shape index (κ3) is 2.65. The summed E-state index contributed by atoms with van der Waals surface area (Å²) in [7, 11) is -4.29. The minimum Gasteiger partial charge on any atom is -0.436 e. The summed E-state index contributed by atoms with van der Waals surface area (Å²) in [5, 5.41) is 0. The van der Waals surface area contributed by atoms with Gasteiger partial charge in [-0.25, -0.2) is 4.98 Å². The van der Waals surface area contributed by atoms with Crippen LogP contribution in [0.2, 0.25) is 0 Å². The van der Waals surface area contributed by atoms with Crippen molar-refractivity contribution in [2.45, 2.75) is 17.7 Å². The summed E-state index contributed by atoms with van der Waals surface area (Å²) in [4.78, 5) is 6.48. The molecule has 2 aromatic carbocycles. The Morgan fingerprint density at radius 2 is 1.83 bits per heavy atom. The van der Waals surface area contributed by atoms with Crippen LogP contribution in [-0.4, -0.2) is 31.0 Å². The van der Waals surface area contributed by atoms with E-state index in [0.717, 1.165) is 31.6 Å². The molecule has 1 aliphatic heterocycles. The molecule has 1 fully saturated rings. The van der Waals surface area contributed by atoms with E-state index in [0.29, 0.717) is 22.6 Å². The van der Waals surface area contributed by atoms with Crippen molar-refractivity contribution in [3.8, 4) is 11.5 Å². The predicted molar refractivity (Wildman–Crippen MR) is 90.7 cm³/mol. The Kier molecular flexibility index (Phi) is 3.54. The number of benzene rings is 2. The fourth-order valence-electron chi connectivity index (χ4n) is 3.07. The van der Waals surface area contributed by atoms with Gasteiger partial charge in [0.2, 0.25) is 5.89 Å². The number of oxazole rings is 1. The number of hydrogen-bond donors (Lipinski definition) is 1. The summed E-state index contributed by atoms with van der Waals surface area (Å²) in [5.41, 5.74) is 2.78. The smallest absolute Gasteiger partial charge is 0.294 e. The van der Waals surface area contributed by atoms with Gasteiger partial charge in [0.05, 0.1) is 10.5 Å². The maximum atomic E-state index is 11.5. The lowest BCUT2D eigenvalue weighted by atomic mass is 10.1. The number of anilines is 1. The molecule has 1 aromatic heterocycles. The fraction of sp³-hybridized carbons (Fsp3) is 0.235. The third-order valence-electron chi connectivity index (χ3n) is 4.24. The molecule has 7 heteroatoms. The number of fused-ring (bicyclic) bond motifs is 1. The molecule has 24 heavy (non-hydrogen) atoms. The summed E-state index contributed by atoms with van der Waals surface area (Å²) in [5.74, 6) is 0.351. The first-order valence-corrected chi connectivity index (χ1v) is 9.19. The van der Waals surface area contributed by atoms with E-state index in [-0.39, 0.29) is 4.90 Å². The van der Waals surface area contributed by atoms with Gasteiger partial charge in [-0.3, -0.25) is 4.55 Å². The van der Waals surface area contributed by atoms with Gasteiger partial charge in [0.25, 0.3) is 10.1 Å². The fourth-order valence-corrected chi connectivity index (χ4v) is 3.57. The average molecular weight is 344 g/mol. The van der Waals surface area contributed by atoms with E-state index in [1.54, 1.807) is 6.07 Å². The normalized spacial score (nSPS) is 15.3. The molecule has 0 aliphatic carbocycles. The third-order valence-corrected chi connectivity index (χ3v) is 5.09. The van der Waals surface area contributed by atoms with Crippen LogP contribution in [0.5, 0.6) is 0 Å². The summed E-state index contributed by atoms with van der Waals surface area (Å²) in [6.45, 7) is 1.80. The van der Waals surface area contributed by atoms with E-state index < -0.39 is 10.1 Å². The van der Waals surface area contributed by atoms with Crippen LogP contribution in [0.3, 0.4) is 0 Å². The number of hydrogen-bond acceptors (Lipinski definition) is 5. The van der Waals surface area contributed by atoms with Crippen LogP contribution in [0.1, 0.15) is 12.8 Å². The molecule has 0 spiro atoms. The van der Waals surface area contributed by atoms with Gasteiger partial charge in [0, 0.05) is 18.8 Å². The molecule has 0 radical (unpaired) electrons. The van der Waals surface area contributed by atoms with Crippen molar-refractivity contribution in [2.75, 3.05) is 18.0 Å². The highest BCUT2D eigenvalue weighted by Crippen LogP contribution is 2.35. The molecular formula is C17H16N2O4S. The molecule has 2 heterocycles. The second kappa shape index (κ2) is 5.61. The molecule has 124 valence electrons. The van der Waals surface area contributed by atoms with Crippen LogP contribution < -0.4 is 4.90 Å². The van der Waals surface area contributed by atoms with Gasteiger partial charge in [-0.1, -0.05) is 12.1 Å². The van der Waals surface area contributed by atoms with Crippen LogP contribution in [0.25, 0.3) is 22.6 Å². The second-order valence-electron chi connectivity index (χ2n) is 5.83. The lowest BCUT2D eigenvalue weighted by Crippen LogP contribution is -2.18. The first kappa shape index (κ1) is 15.2. The molecule has 1 aliphatic rings. The van der Waals surface area contributed by atoms with E-state index in [9.17, 15) is 13.0 Å². The van der Waals surface area contributed by atoms with Crippen molar-refractivity contribution < 1.29 is 17.4 Å². The summed E-state index contributed by atoms with van der Waals surface area (Å²) >= 11 is 0. The SMILES string of the molecule is O=S(=O)(O)c1ccc(N2CCCC2)c(-c2nc3ccccc3o2)c1. The monoisotopic (exact) mass is 344 g/mol. The number of rotatable bonds is 3. The van der Waals surface area contributed by atoms with Crippen LogP contribution in [0.4, 0.5) is 5.69 Å². The van der Waals surface area contributed by atoms with Crippen molar-refractivity contribution in [1.82, 2.24) is 4.98 Å². The molecule has 1 saturated heterocycles. The number of aromatic nitrogens is 1. The minimum absolute atomic E-state index is 0.164. The Labute approximate surface area is 139 Å². The lowest BCUT2D eigenvalue weighted by Gasteiger charge is -2.20. The standard InChI is InChI=1S/C17H16N2O4S/c20-24(21,22)12-7-8-15(19-9-3-4-10-19)13(11-12)17-18-14-5-1-2-6-16(14)23-17/h1-2,5-8,11H,3-4,9-10H2,(H,20,21,22). The van der Waals surface area contributed by atoms with E-state index in [4.69, 9.17) is 4.42 Å². The quantitative estimate of drug-likeness (QED) is 0.734. The topological polar surface area (TPSA) is 83.6 Å². The zero-order valence-electron chi connectivity index (χ0n) is 12.8. The van der Waals surface area contributed by atoms with Gasteiger partial charge in [0.15, 0.2) is 5.58 Å². The Hall–Kier alpha value is -2.38. The van der Waals surface area contributed by atoms with Gasteiger partial charge < -0.3 is 9.32 Å². The summed E-state index contributed by atoms with van der Waals surface area (Å²) in [6, 6.07) is 11.9. The van der Waals surface area contributed by atoms with Crippen LogP contribution in [0, 0.1) is 0 Å². The van der Waals surface area contributed by atoms with Crippen LogP contribution in [0.15, 0.2) is 51.8 Å². The maximum absolute atomic E-state index is 11.5. The van der Waals surface area contributed by atoms with E-state index >= 15 is 0 Å². The van der Waals surface area contributed by atoms with Crippen molar-refractivity contribution in [3.05, 3.63) is 42.5 Å². The molecule has 1 N–H and O–H groups in total. The average Bonchev–Trinajstić information content (AvgIpc) is 3.22. The largest absolute Gasteiger partial charge is 0.436 e. The van der Waals surface area contributed by atoms with Crippen molar-refractivity contribution in [3.63, 3.8) is 0 Å². The van der Waals surface area contributed by atoms with E-state index in [2.05, 4.69) is 9.88 Å².